The summed E-state index contributed by atoms with van der Waals surface area (Å²) in [6.07, 6.45) is 0. The summed E-state index contributed by atoms with van der Waals surface area (Å²) in [7, 11) is 0. The van der Waals surface area contributed by atoms with Crippen LogP contribution in [0.2, 0.25) is 0 Å². The second kappa shape index (κ2) is 10.1. The molecule has 0 radical (unpaired) electrons. The normalized spacial score (nSPS) is 13.3. The fraction of sp³-hybridized carbons (Fsp3) is 0.238. The first kappa shape index (κ1) is 22.4. The Morgan fingerprint density at radius 2 is 1.58 bits per heavy atom. The van der Waals surface area contributed by atoms with Gasteiger partial charge in [-0.2, -0.15) is 15.0 Å². The Bertz CT molecular complexity index is 1060. The molecule has 1 aromatic heterocycles. The molecule has 0 amide bonds. The number of Topliss-reactive ketones (excluding diaryl/α,β-unsaturated/α-hetero) is 1. The number of hydrogen-bond acceptors (Lipinski definition) is 8. The van der Waals surface area contributed by atoms with Crippen molar-refractivity contribution in [3.05, 3.63) is 59.9 Å². The summed E-state index contributed by atoms with van der Waals surface area (Å²) < 4.78 is 19.0. The predicted molar refractivity (Wildman–Crippen MR) is 120 cm³/mol. The van der Waals surface area contributed by atoms with Crippen LogP contribution in [-0.2, 0) is 4.74 Å². The van der Waals surface area contributed by atoms with E-state index < -0.39 is 0 Å². The van der Waals surface area contributed by atoms with Crippen LogP contribution in [0, 0.1) is 5.82 Å². The lowest BCUT2D eigenvalue weighted by Gasteiger charge is -2.27. The molecule has 1 aliphatic heterocycles. The quantitative estimate of drug-likeness (QED) is 0.552. The number of carbonyl (C=O) groups excluding carboxylic acids is 1. The number of halogens is 2. The second-order valence-corrected chi connectivity index (χ2v) is 6.78. The minimum Gasteiger partial charge on any atom is -0.378 e. The van der Waals surface area contributed by atoms with Crippen molar-refractivity contribution in [3.63, 3.8) is 0 Å². The van der Waals surface area contributed by atoms with Crippen LogP contribution in [0.15, 0.2) is 48.5 Å². The largest absolute Gasteiger partial charge is 0.378 e. The second-order valence-electron chi connectivity index (χ2n) is 6.78. The average Bonchev–Trinajstić information content (AvgIpc) is 2.74. The minimum absolute atomic E-state index is 0. The molecule has 2 aromatic carbocycles. The Balaban J connectivity index is 0.00000272. The van der Waals surface area contributed by atoms with Gasteiger partial charge in [-0.25, -0.2) is 4.39 Å². The third-order valence-corrected chi connectivity index (χ3v) is 4.52. The van der Waals surface area contributed by atoms with E-state index in [-0.39, 0.29) is 30.0 Å². The van der Waals surface area contributed by atoms with Crippen molar-refractivity contribution < 1.29 is 13.9 Å². The van der Waals surface area contributed by atoms with Crippen molar-refractivity contribution >= 4 is 47.4 Å². The van der Waals surface area contributed by atoms with Gasteiger partial charge in [0.2, 0.25) is 17.8 Å². The summed E-state index contributed by atoms with van der Waals surface area (Å²) in [6.45, 7) is 3.99. The van der Waals surface area contributed by atoms with Gasteiger partial charge in [0.05, 0.1) is 13.2 Å². The van der Waals surface area contributed by atoms with Gasteiger partial charge < -0.3 is 20.3 Å². The zero-order valence-corrected chi connectivity index (χ0v) is 17.7. The molecule has 2 N–H and O–H groups in total. The van der Waals surface area contributed by atoms with Crippen molar-refractivity contribution in [2.75, 3.05) is 41.8 Å². The van der Waals surface area contributed by atoms with E-state index in [0.29, 0.717) is 55.1 Å². The van der Waals surface area contributed by atoms with Crippen LogP contribution in [-0.4, -0.2) is 47.0 Å². The van der Waals surface area contributed by atoms with E-state index in [2.05, 4.69) is 25.6 Å². The summed E-state index contributed by atoms with van der Waals surface area (Å²) in [5, 5.41) is 6.16. The highest BCUT2D eigenvalue weighted by atomic mass is 35.5. The molecule has 4 rings (SSSR count). The van der Waals surface area contributed by atoms with Gasteiger partial charge in [-0.15, -0.1) is 12.4 Å². The van der Waals surface area contributed by atoms with Crippen LogP contribution in [0.5, 0.6) is 0 Å². The molecule has 8 nitrogen and oxygen atoms in total. The molecule has 0 atom stereocenters. The molecule has 10 heteroatoms. The van der Waals surface area contributed by atoms with Gasteiger partial charge in [0.1, 0.15) is 5.82 Å². The molecular weight excluding hydrogens is 423 g/mol. The van der Waals surface area contributed by atoms with E-state index in [1.54, 1.807) is 30.3 Å². The number of nitrogens with one attached hydrogen (secondary N) is 2. The number of ether oxygens (including phenoxy) is 1. The summed E-state index contributed by atoms with van der Waals surface area (Å²) in [6, 6.07) is 13.2. The van der Waals surface area contributed by atoms with Gasteiger partial charge in [0.15, 0.2) is 5.78 Å². The lowest BCUT2D eigenvalue weighted by Crippen LogP contribution is -2.37. The van der Waals surface area contributed by atoms with Crippen LogP contribution in [0.4, 0.5) is 33.6 Å². The van der Waals surface area contributed by atoms with Crippen molar-refractivity contribution in [2.24, 2.45) is 0 Å². The lowest BCUT2D eigenvalue weighted by molar-refractivity contribution is 0.101. The Labute approximate surface area is 185 Å². The van der Waals surface area contributed by atoms with E-state index in [1.807, 2.05) is 11.0 Å². The van der Waals surface area contributed by atoms with E-state index >= 15 is 0 Å². The maximum atomic E-state index is 13.6. The number of carbonyl (C=O) groups is 1. The molecule has 2 heterocycles. The van der Waals surface area contributed by atoms with E-state index in [9.17, 15) is 9.18 Å². The Kier molecular flexibility index (Phi) is 7.32. The van der Waals surface area contributed by atoms with Gasteiger partial charge >= 0.3 is 0 Å². The Hall–Kier alpha value is -3.30. The summed E-state index contributed by atoms with van der Waals surface area (Å²) in [4.78, 5) is 27.1. The fourth-order valence-corrected chi connectivity index (χ4v) is 3.02. The highest BCUT2D eigenvalue weighted by Gasteiger charge is 2.17. The van der Waals surface area contributed by atoms with Crippen LogP contribution in [0.3, 0.4) is 0 Å². The molecule has 1 aliphatic rings. The average molecular weight is 445 g/mol. The molecule has 0 bridgehead atoms. The number of benzene rings is 2. The third kappa shape index (κ3) is 5.87. The third-order valence-electron chi connectivity index (χ3n) is 4.52. The lowest BCUT2D eigenvalue weighted by atomic mass is 10.1. The van der Waals surface area contributed by atoms with Crippen LogP contribution >= 0.6 is 12.4 Å². The molecule has 0 spiro atoms. The van der Waals surface area contributed by atoms with E-state index in [4.69, 9.17) is 4.74 Å². The monoisotopic (exact) mass is 444 g/mol. The van der Waals surface area contributed by atoms with Crippen LogP contribution < -0.4 is 15.5 Å². The minimum atomic E-state index is -0.359. The fourth-order valence-electron chi connectivity index (χ4n) is 3.02. The van der Waals surface area contributed by atoms with E-state index in [0.717, 1.165) is 0 Å². The number of rotatable bonds is 6. The van der Waals surface area contributed by atoms with E-state index in [1.165, 1.54) is 19.1 Å². The van der Waals surface area contributed by atoms with Crippen molar-refractivity contribution in [2.45, 2.75) is 6.92 Å². The summed E-state index contributed by atoms with van der Waals surface area (Å²) in [5.41, 5.74) is 1.79. The van der Waals surface area contributed by atoms with Crippen molar-refractivity contribution in [3.8, 4) is 0 Å². The van der Waals surface area contributed by atoms with Gasteiger partial charge in [-0.1, -0.05) is 18.2 Å². The number of morpholine rings is 1. The molecule has 3 aromatic rings. The van der Waals surface area contributed by atoms with Crippen LogP contribution in [0.1, 0.15) is 17.3 Å². The first-order valence-corrected chi connectivity index (χ1v) is 9.56. The number of aromatic nitrogens is 3. The Morgan fingerprint density at radius 3 is 2.19 bits per heavy atom. The maximum absolute atomic E-state index is 13.6. The summed E-state index contributed by atoms with van der Waals surface area (Å²) >= 11 is 0. The molecule has 1 fully saturated rings. The SMILES string of the molecule is CC(=O)c1cccc(Nc2nc(Nc3cccc(F)c3)nc(N3CCOCC3)n2)c1.Cl. The number of nitrogens with zero attached hydrogens (tertiary/aromatic N) is 4. The number of anilines is 5. The Morgan fingerprint density at radius 1 is 0.968 bits per heavy atom. The predicted octanol–water partition coefficient (Wildman–Crippen LogP) is 3.96. The highest BCUT2D eigenvalue weighted by Crippen LogP contribution is 2.22. The maximum Gasteiger partial charge on any atom is 0.233 e. The van der Waals surface area contributed by atoms with Crippen molar-refractivity contribution in [1.82, 2.24) is 15.0 Å². The number of hydrogen-bond donors (Lipinski definition) is 2. The van der Waals surface area contributed by atoms with Gasteiger partial charge in [0, 0.05) is 30.0 Å². The first-order chi connectivity index (χ1) is 14.6. The molecule has 0 unspecified atom stereocenters. The molecule has 31 heavy (non-hydrogen) atoms. The topological polar surface area (TPSA) is 92.3 Å². The van der Waals surface area contributed by atoms with Crippen molar-refractivity contribution in [1.29, 1.82) is 0 Å². The molecule has 0 saturated carbocycles. The first-order valence-electron chi connectivity index (χ1n) is 9.56. The zero-order valence-electron chi connectivity index (χ0n) is 16.8. The highest BCUT2D eigenvalue weighted by molar-refractivity contribution is 5.95. The number of ketones is 1. The molecule has 1 saturated heterocycles. The van der Waals surface area contributed by atoms with Gasteiger partial charge in [0.25, 0.3) is 0 Å². The van der Waals surface area contributed by atoms with Crippen LogP contribution in [0.25, 0.3) is 0 Å². The molecular formula is C21H22ClFN6O2. The smallest absolute Gasteiger partial charge is 0.233 e. The van der Waals surface area contributed by atoms with Gasteiger partial charge in [-0.05, 0) is 37.3 Å². The zero-order chi connectivity index (χ0) is 20.9. The van der Waals surface area contributed by atoms with Gasteiger partial charge in [-0.3, -0.25) is 4.79 Å². The molecule has 0 aliphatic carbocycles. The summed E-state index contributed by atoms with van der Waals surface area (Å²) in [5.74, 6) is 0.685. The molecule has 162 valence electrons. The standard InChI is InChI=1S/C21H21FN6O2.ClH/c1-14(29)15-4-2-6-17(12-15)23-19-25-20(24-18-7-3-5-16(22)13-18)27-21(26-19)28-8-10-30-11-9-28;/h2-7,12-13H,8-11H2,1H3,(H2,23,24,25,26,27);1H.